The Kier molecular flexibility index (Phi) is 7.33. The highest BCUT2D eigenvalue weighted by atomic mass is 32.2. The number of rotatable bonds is 7. The first-order valence-corrected chi connectivity index (χ1v) is 13.1. The summed E-state index contributed by atoms with van der Waals surface area (Å²) in [5, 5.41) is 6.64. The molecule has 2 aromatic heterocycles. The van der Waals surface area contributed by atoms with Crippen molar-refractivity contribution in [3.63, 3.8) is 0 Å². The summed E-state index contributed by atoms with van der Waals surface area (Å²) >= 11 is 0. The molecule has 10 heteroatoms. The van der Waals surface area contributed by atoms with Crippen LogP contribution >= 0.6 is 0 Å². The van der Waals surface area contributed by atoms with Crippen LogP contribution in [0.4, 0.5) is 5.82 Å². The Morgan fingerprint density at radius 1 is 1.21 bits per heavy atom. The van der Waals surface area contributed by atoms with E-state index in [0.717, 1.165) is 0 Å². The van der Waals surface area contributed by atoms with Gasteiger partial charge in [-0.1, -0.05) is 24.4 Å². The third-order valence-corrected chi connectivity index (χ3v) is 8.64. The summed E-state index contributed by atoms with van der Waals surface area (Å²) < 4.78 is 38.8. The number of carbonyl (C=O) groups excluding carboxylic acids is 1. The number of carbonyl (C=O) groups is 1. The van der Waals surface area contributed by atoms with Gasteiger partial charge in [-0.05, 0) is 57.6 Å². The molecule has 0 aromatic carbocycles. The van der Waals surface area contributed by atoms with Crippen molar-refractivity contribution in [1.82, 2.24) is 14.4 Å². The van der Waals surface area contributed by atoms with Gasteiger partial charge in [-0.15, -0.1) is 0 Å². The zero-order chi connectivity index (χ0) is 23.4. The molecule has 1 unspecified atom stereocenters. The molecule has 1 amide bonds. The van der Waals surface area contributed by atoms with Gasteiger partial charge >= 0.3 is 0 Å². The van der Waals surface area contributed by atoms with Gasteiger partial charge in [0.2, 0.25) is 15.9 Å². The van der Waals surface area contributed by atoms with E-state index in [4.69, 9.17) is 9.26 Å². The van der Waals surface area contributed by atoms with E-state index in [1.807, 2.05) is 0 Å². The van der Waals surface area contributed by atoms with Gasteiger partial charge in [0.15, 0.2) is 17.3 Å². The molecule has 180 valence electrons. The van der Waals surface area contributed by atoms with Gasteiger partial charge in [-0.3, -0.25) is 4.79 Å². The molecule has 33 heavy (non-hydrogen) atoms. The number of nitrogens with one attached hydrogen (secondary N) is 1. The Hall–Kier alpha value is -2.46. The molecule has 1 aliphatic heterocycles. The number of sulfonamides is 1. The smallest absolute Gasteiger partial charge is 0.248 e. The molecular weight excluding hydrogens is 444 g/mol. The van der Waals surface area contributed by atoms with Crippen LogP contribution in [0.25, 0.3) is 0 Å². The monoisotopic (exact) mass is 476 g/mol. The molecule has 1 aliphatic carbocycles. The number of aryl methyl sites for hydroxylation is 2. The third kappa shape index (κ3) is 5.38. The number of pyridine rings is 1. The lowest BCUT2D eigenvalue weighted by Gasteiger charge is -2.31. The molecule has 9 nitrogen and oxygen atoms in total. The normalized spacial score (nSPS) is 20.5. The highest BCUT2D eigenvalue weighted by Gasteiger charge is 2.36. The Balaban J connectivity index is 1.42. The van der Waals surface area contributed by atoms with Crippen LogP contribution in [0, 0.1) is 25.7 Å². The van der Waals surface area contributed by atoms with Crippen molar-refractivity contribution in [3.05, 3.63) is 29.8 Å². The fourth-order valence-electron chi connectivity index (χ4n) is 4.73. The van der Waals surface area contributed by atoms with Crippen LogP contribution in [0.5, 0.6) is 5.75 Å². The molecule has 2 aliphatic rings. The Labute approximate surface area is 194 Å². The SMILES string of the molecule is Cc1noc(C)c1S(=O)(=O)N1CCCC(C(=O)Nc2ncccc2OCC2CCCCC2)C1. The number of ether oxygens (including phenoxy) is 1. The van der Waals surface area contributed by atoms with Crippen LogP contribution in [0.3, 0.4) is 0 Å². The predicted octanol–water partition coefficient (Wildman–Crippen LogP) is 3.68. The Morgan fingerprint density at radius 2 is 2.00 bits per heavy atom. The molecule has 2 aromatic rings. The molecule has 0 spiro atoms. The minimum atomic E-state index is -3.79. The van der Waals surface area contributed by atoms with Crippen LogP contribution in [0.2, 0.25) is 0 Å². The predicted molar refractivity (Wildman–Crippen MR) is 122 cm³/mol. The first-order valence-electron chi connectivity index (χ1n) is 11.7. The van der Waals surface area contributed by atoms with Crippen LogP contribution in [0.15, 0.2) is 27.7 Å². The quantitative estimate of drug-likeness (QED) is 0.648. The number of amides is 1. The lowest BCUT2D eigenvalue weighted by Crippen LogP contribution is -2.44. The summed E-state index contributed by atoms with van der Waals surface area (Å²) in [6.45, 7) is 4.25. The Bertz CT molecular complexity index is 1060. The van der Waals surface area contributed by atoms with E-state index in [0.29, 0.717) is 49.2 Å². The summed E-state index contributed by atoms with van der Waals surface area (Å²) in [6.07, 6.45) is 8.89. The molecule has 1 saturated carbocycles. The maximum Gasteiger partial charge on any atom is 0.248 e. The highest BCUT2D eigenvalue weighted by Crippen LogP contribution is 2.30. The van der Waals surface area contributed by atoms with Crippen molar-refractivity contribution in [1.29, 1.82) is 0 Å². The minimum Gasteiger partial charge on any atom is -0.489 e. The van der Waals surface area contributed by atoms with Gasteiger partial charge < -0.3 is 14.6 Å². The van der Waals surface area contributed by atoms with Crippen molar-refractivity contribution in [2.45, 2.75) is 63.7 Å². The van der Waals surface area contributed by atoms with Gasteiger partial charge in [0.25, 0.3) is 0 Å². The summed E-state index contributed by atoms with van der Waals surface area (Å²) in [6, 6.07) is 3.59. The van der Waals surface area contributed by atoms with Crippen LogP contribution in [-0.4, -0.2) is 48.5 Å². The second-order valence-electron chi connectivity index (χ2n) is 9.01. The third-order valence-electron chi connectivity index (χ3n) is 6.53. The lowest BCUT2D eigenvalue weighted by atomic mass is 9.90. The molecular formula is C23H32N4O5S. The average molecular weight is 477 g/mol. The number of nitrogens with zero attached hydrogens (tertiary/aromatic N) is 3. The number of hydrogen-bond acceptors (Lipinski definition) is 7. The van der Waals surface area contributed by atoms with Crippen LogP contribution < -0.4 is 10.1 Å². The summed E-state index contributed by atoms with van der Waals surface area (Å²) in [4.78, 5) is 17.4. The first-order chi connectivity index (χ1) is 15.9. The van der Waals surface area contributed by atoms with E-state index in [2.05, 4.69) is 15.5 Å². The Morgan fingerprint density at radius 3 is 2.73 bits per heavy atom. The number of hydrogen-bond donors (Lipinski definition) is 1. The van der Waals surface area contributed by atoms with E-state index in [9.17, 15) is 13.2 Å². The lowest BCUT2D eigenvalue weighted by molar-refractivity contribution is -0.120. The van der Waals surface area contributed by atoms with E-state index in [1.165, 1.54) is 36.4 Å². The maximum atomic E-state index is 13.2. The van der Waals surface area contributed by atoms with E-state index < -0.39 is 15.9 Å². The molecule has 0 bridgehead atoms. The van der Waals surface area contributed by atoms with Gasteiger partial charge in [0.05, 0.1) is 12.5 Å². The zero-order valence-corrected chi connectivity index (χ0v) is 20.1. The molecule has 3 heterocycles. The minimum absolute atomic E-state index is 0.0895. The molecule has 1 N–H and O–H groups in total. The van der Waals surface area contributed by atoms with Crippen molar-refractivity contribution in [2.24, 2.45) is 11.8 Å². The number of piperidine rings is 1. The fraction of sp³-hybridized carbons (Fsp3) is 0.609. The first kappa shape index (κ1) is 23.7. The summed E-state index contributed by atoms with van der Waals surface area (Å²) in [7, 11) is -3.79. The summed E-state index contributed by atoms with van der Waals surface area (Å²) in [5.41, 5.74) is 0.326. The van der Waals surface area contributed by atoms with E-state index >= 15 is 0 Å². The highest BCUT2D eigenvalue weighted by molar-refractivity contribution is 7.89. The second kappa shape index (κ2) is 10.2. The number of aromatic nitrogens is 2. The van der Waals surface area contributed by atoms with E-state index in [1.54, 1.807) is 32.2 Å². The van der Waals surface area contributed by atoms with Crippen molar-refractivity contribution in [3.8, 4) is 5.75 Å². The zero-order valence-electron chi connectivity index (χ0n) is 19.2. The van der Waals surface area contributed by atoms with Gasteiger partial charge in [0, 0.05) is 19.3 Å². The summed E-state index contributed by atoms with van der Waals surface area (Å²) in [5.74, 6) is 0.977. The van der Waals surface area contributed by atoms with E-state index in [-0.39, 0.29) is 23.1 Å². The van der Waals surface area contributed by atoms with Crippen molar-refractivity contribution < 1.29 is 22.5 Å². The van der Waals surface area contributed by atoms with Gasteiger partial charge in [0.1, 0.15) is 10.6 Å². The fourth-order valence-corrected chi connectivity index (χ4v) is 6.54. The maximum absolute atomic E-state index is 13.2. The van der Waals surface area contributed by atoms with Crippen LogP contribution in [0.1, 0.15) is 56.4 Å². The second-order valence-corrected chi connectivity index (χ2v) is 10.9. The topological polar surface area (TPSA) is 115 Å². The molecule has 1 atom stereocenters. The van der Waals surface area contributed by atoms with Crippen LogP contribution in [-0.2, 0) is 14.8 Å². The van der Waals surface area contributed by atoms with Crippen molar-refractivity contribution in [2.75, 3.05) is 25.0 Å². The largest absolute Gasteiger partial charge is 0.489 e. The van der Waals surface area contributed by atoms with Gasteiger partial charge in [-0.2, -0.15) is 4.31 Å². The average Bonchev–Trinajstić information content (AvgIpc) is 3.17. The molecule has 2 fully saturated rings. The van der Waals surface area contributed by atoms with Crippen molar-refractivity contribution >= 4 is 21.7 Å². The number of anilines is 1. The molecule has 1 saturated heterocycles. The molecule has 4 rings (SSSR count). The standard InChI is InChI=1S/C23H32N4O5S/c1-16-21(17(2)32-26-16)33(29,30)27-13-7-10-19(14-27)23(28)25-22-20(11-6-12-24-22)31-15-18-8-4-3-5-9-18/h6,11-12,18-19H,3-5,7-10,13-15H2,1-2H3,(H,24,25,28). The molecule has 0 radical (unpaired) electrons. The van der Waals surface area contributed by atoms with Gasteiger partial charge in [-0.25, -0.2) is 13.4 Å².